The minimum absolute atomic E-state index is 0.210. The molecule has 0 bridgehead atoms. The SMILES string of the molecule is CCCCCC1CCC(c2cccc(F)c2)(c2cccc(F)c2)CC1. The third-order valence-corrected chi connectivity index (χ3v) is 5.93. The summed E-state index contributed by atoms with van der Waals surface area (Å²) in [7, 11) is 0. The fourth-order valence-corrected chi connectivity index (χ4v) is 4.46. The molecule has 3 rings (SSSR count). The van der Waals surface area contributed by atoms with Crippen molar-refractivity contribution in [2.24, 2.45) is 5.92 Å². The first-order valence-corrected chi connectivity index (χ1v) is 9.66. The molecule has 2 heteroatoms. The molecule has 0 radical (unpaired) electrons. The zero-order chi connectivity index (χ0) is 17.7. The van der Waals surface area contributed by atoms with Crippen molar-refractivity contribution in [3.8, 4) is 0 Å². The first-order valence-electron chi connectivity index (χ1n) is 9.66. The van der Waals surface area contributed by atoms with E-state index in [0.29, 0.717) is 0 Å². The minimum Gasteiger partial charge on any atom is -0.207 e. The van der Waals surface area contributed by atoms with Crippen LogP contribution in [0, 0.1) is 17.6 Å². The summed E-state index contributed by atoms with van der Waals surface area (Å²) in [5.41, 5.74) is 1.72. The fourth-order valence-electron chi connectivity index (χ4n) is 4.46. The van der Waals surface area contributed by atoms with Gasteiger partial charge < -0.3 is 0 Å². The van der Waals surface area contributed by atoms with Gasteiger partial charge in [-0.1, -0.05) is 56.9 Å². The Morgan fingerprint density at radius 1 is 0.880 bits per heavy atom. The van der Waals surface area contributed by atoms with Crippen molar-refractivity contribution in [2.45, 2.75) is 63.7 Å². The summed E-state index contributed by atoms with van der Waals surface area (Å²) in [5.74, 6) is 0.332. The lowest BCUT2D eigenvalue weighted by Gasteiger charge is -2.41. The quantitative estimate of drug-likeness (QED) is 0.495. The van der Waals surface area contributed by atoms with Gasteiger partial charge in [0.2, 0.25) is 0 Å². The maximum atomic E-state index is 13.9. The number of halogens is 2. The van der Waals surface area contributed by atoms with E-state index >= 15 is 0 Å². The number of unbranched alkanes of at least 4 members (excludes halogenated alkanes) is 2. The van der Waals surface area contributed by atoms with Crippen molar-refractivity contribution in [3.63, 3.8) is 0 Å². The molecule has 0 aliphatic heterocycles. The molecule has 1 aliphatic carbocycles. The largest absolute Gasteiger partial charge is 0.207 e. The van der Waals surface area contributed by atoms with Gasteiger partial charge in [-0.25, -0.2) is 8.78 Å². The first-order chi connectivity index (χ1) is 12.1. The first kappa shape index (κ1) is 18.1. The standard InChI is InChI=1S/C23H28F2/c1-2-3-4-7-18-12-14-23(15-13-18,19-8-5-10-21(24)16-19)20-9-6-11-22(25)17-20/h5-6,8-11,16-18H,2-4,7,12-15H2,1H3. The summed E-state index contributed by atoms with van der Waals surface area (Å²) < 4.78 is 27.8. The van der Waals surface area contributed by atoms with Crippen molar-refractivity contribution < 1.29 is 8.78 Å². The van der Waals surface area contributed by atoms with Crippen LogP contribution < -0.4 is 0 Å². The molecule has 1 fully saturated rings. The molecule has 1 aliphatic rings. The molecular formula is C23H28F2. The molecule has 0 aromatic heterocycles. The Labute approximate surface area is 150 Å². The predicted molar refractivity (Wildman–Crippen MR) is 99.7 cm³/mol. The summed E-state index contributed by atoms with van der Waals surface area (Å²) in [6.07, 6.45) is 9.35. The van der Waals surface area contributed by atoms with E-state index in [9.17, 15) is 8.78 Å². The van der Waals surface area contributed by atoms with E-state index < -0.39 is 0 Å². The third kappa shape index (κ3) is 4.11. The van der Waals surface area contributed by atoms with E-state index in [1.165, 1.54) is 37.8 Å². The summed E-state index contributed by atoms with van der Waals surface area (Å²) in [5, 5.41) is 0. The zero-order valence-electron chi connectivity index (χ0n) is 15.1. The van der Waals surface area contributed by atoms with Crippen LogP contribution in [-0.4, -0.2) is 0 Å². The Kier molecular flexibility index (Phi) is 5.88. The zero-order valence-corrected chi connectivity index (χ0v) is 15.1. The highest BCUT2D eigenvalue weighted by Gasteiger charge is 2.38. The molecule has 0 atom stereocenters. The van der Waals surface area contributed by atoms with Gasteiger partial charge in [-0.05, 0) is 67.0 Å². The van der Waals surface area contributed by atoms with E-state index in [1.54, 1.807) is 24.3 Å². The highest BCUT2D eigenvalue weighted by Crippen LogP contribution is 2.47. The fraction of sp³-hybridized carbons (Fsp3) is 0.478. The van der Waals surface area contributed by atoms with E-state index in [1.807, 2.05) is 12.1 Å². The lowest BCUT2D eigenvalue weighted by Crippen LogP contribution is -2.33. The monoisotopic (exact) mass is 342 g/mol. The Balaban J connectivity index is 1.87. The summed E-state index contributed by atoms with van der Waals surface area (Å²) in [6.45, 7) is 2.24. The average molecular weight is 342 g/mol. The molecule has 0 N–H and O–H groups in total. The normalized spacial score (nSPS) is 17.6. The maximum Gasteiger partial charge on any atom is 0.123 e. The molecule has 2 aromatic carbocycles. The molecule has 1 saturated carbocycles. The molecule has 0 heterocycles. The molecule has 0 spiro atoms. The molecule has 0 amide bonds. The van der Waals surface area contributed by atoms with Crippen molar-refractivity contribution in [2.75, 3.05) is 0 Å². The van der Waals surface area contributed by atoms with Gasteiger partial charge in [-0.15, -0.1) is 0 Å². The van der Waals surface area contributed by atoms with Gasteiger partial charge in [0.1, 0.15) is 11.6 Å². The number of hydrogen-bond acceptors (Lipinski definition) is 0. The average Bonchev–Trinajstić information content (AvgIpc) is 2.63. The lowest BCUT2D eigenvalue weighted by atomic mass is 9.62. The highest BCUT2D eigenvalue weighted by atomic mass is 19.1. The Morgan fingerprint density at radius 2 is 1.44 bits per heavy atom. The third-order valence-electron chi connectivity index (χ3n) is 5.93. The van der Waals surface area contributed by atoms with Crippen LogP contribution in [0.15, 0.2) is 48.5 Å². The van der Waals surface area contributed by atoms with Crippen LogP contribution in [0.25, 0.3) is 0 Å². The van der Waals surface area contributed by atoms with E-state index in [2.05, 4.69) is 6.92 Å². The molecule has 0 nitrogen and oxygen atoms in total. The Bertz CT molecular complexity index is 636. The van der Waals surface area contributed by atoms with Gasteiger partial charge in [0.05, 0.1) is 0 Å². The van der Waals surface area contributed by atoms with Crippen LogP contribution in [0.3, 0.4) is 0 Å². The summed E-state index contributed by atoms with van der Waals surface area (Å²) >= 11 is 0. The second-order valence-corrected chi connectivity index (χ2v) is 7.54. The second-order valence-electron chi connectivity index (χ2n) is 7.54. The van der Waals surface area contributed by atoms with Crippen molar-refractivity contribution >= 4 is 0 Å². The van der Waals surface area contributed by atoms with Crippen molar-refractivity contribution in [1.29, 1.82) is 0 Å². The van der Waals surface area contributed by atoms with Crippen molar-refractivity contribution in [3.05, 3.63) is 71.3 Å². The summed E-state index contributed by atoms with van der Waals surface area (Å²) in [4.78, 5) is 0. The number of benzene rings is 2. The van der Waals surface area contributed by atoms with E-state index in [4.69, 9.17) is 0 Å². The molecule has 134 valence electrons. The van der Waals surface area contributed by atoms with Gasteiger partial charge in [0, 0.05) is 5.41 Å². The van der Waals surface area contributed by atoms with Gasteiger partial charge >= 0.3 is 0 Å². The summed E-state index contributed by atoms with van der Waals surface area (Å²) in [6, 6.07) is 13.8. The number of hydrogen-bond donors (Lipinski definition) is 0. The highest BCUT2D eigenvalue weighted by molar-refractivity contribution is 5.40. The van der Waals surface area contributed by atoms with Crippen LogP contribution in [-0.2, 0) is 5.41 Å². The Hall–Kier alpha value is -1.70. The van der Waals surface area contributed by atoms with Gasteiger partial charge in [0.25, 0.3) is 0 Å². The van der Waals surface area contributed by atoms with Crippen LogP contribution in [0.5, 0.6) is 0 Å². The molecular weight excluding hydrogens is 314 g/mol. The molecule has 2 aromatic rings. The van der Waals surface area contributed by atoms with Gasteiger partial charge in [0.15, 0.2) is 0 Å². The van der Waals surface area contributed by atoms with Crippen LogP contribution >= 0.6 is 0 Å². The lowest BCUT2D eigenvalue weighted by molar-refractivity contribution is 0.249. The number of rotatable bonds is 6. The smallest absolute Gasteiger partial charge is 0.123 e. The van der Waals surface area contributed by atoms with E-state index in [0.717, 1.165) is 42.7 Å². The maximum absolute atomic E-state index is 13.9. The predicted octanol–water partition coefficient (Wildman–Crippen LogP) is 7.02. The Morgan fingerprint density at radius 3 is 1.92 bits per heavy atom. The van der Waals surface area contributed by atoms with Crippen molar-refractivity contribution in [1.82, 2.24) is 0 Å². The van der Waals surface area contributed by atoms with Crippen LogP contribution in [0.1, 0.15) is 69.4 Å². The van der Waals surface area contributed by atoms with E-state index in [-0.39, 0.29) is 17.0 Å². The van der Waals surface area contributed by atoms with Gasteiger partial charge in [-0.3, -0.25) is 0 Å². The topological polar surface area (TPSA) is 0 Å². The second kappa shape index (κ2) is 8.12. The van der Waals surface area contributed by atoms with Crippen LogP contribution in [0.4, 0.5) is 8.78 Å². The van der Waals surface area contributed by atoms with Crippen LogP contribution in [0.2, 0.25) is 0 Å². The molecule has 0 unspecified atom stereocenters. The minimum atomic E-state index is -0.258. The molecule has 25 heavy (non-hydrogen) atoms. The molecule has 0 saturated heterocycles. The van der Waals surface area contributed by atoms with Gasteiger partial charge in [-0.2, -0.15) is 0 Å².